The molecule has 1 aromatic carbocycles. The minimum atomic E-state index is -0.911. The SMILES string of the molecule is COC(=O)c1c(C(=O)c2cc(OC)c(OC)c(OC)c2)ccc[n+]1[O-]. The predicted molar refractivity (Wildman–Crippen MR) is 86.3 cm³/mol. The Hall–Kier alpha value is -3.29. The topological polar surface area (TPSA) is 98.0 Å². The largest absolute Gasteiger partial charge is 0.618 e. The van der Waals surface area contributed by atoms with Gasteiger partial charge in [-0.2, -0.15) is 4.73 Å². The Morgan fingerprint density at radius 3 is 2.08 bits per heavy atom. The Balaban J connectivity index is 2.63. The molecule has 0 fully saturated rings. The Morgan fingerprint density at radius 1 is 1.00 bits per heavy atom. The Kier molecular flexibility index (Phi) is 5.43. The van der Waals surface area contributed by atoms with Gasteiger partial charge in [-0.15, -0.1) is 0 Å². The first-order chi connectivity index (χ1) is 12.0. The van der Waals surface area contributed by atoms with Gasteiger partial charge in [0.1, 0.15) is 5.56 Å². The van der Waals surface area contributed by atoms with E-state index >= 15 is 0 Å². The first kappa shape index (κ1) is 18.1. The maximum absolute atomic E-state index is 12.9. The van der Waals surface area contributed by atoms with Crippen LogP contribution in [-0.2, 0) is 4.74 Å². The highest BCUT2D eigenvalue weighted by atomic mass is 16.5. The number of methoxy groups -OCH3 is 4. The number of rotatable bonds is 6. The van der Waals surface area contributed by atoms with E-state index in [-0.39, 0.29) is 27.4 Å². The Labute approximate surface area is 144 Å². The van der Waals surface area contributed by atoms with E-state index in [1.165, 1.54) is 45.6 Å². The molecule has 0 aliphatic rings. The van der Waals surface area contributed by atoms with Crippen LogP contribution < -0.4 is 18.9 Å². The first-order valence-electron chi connectivity index (χ1n) is 7.13. The van der Waals surface area contributed by atoms with Gasteiger partial charge in [0.2, 0.25) is 5.75 Å². The lowest BCUT2D eigenvalue weighted by molar-refractivity contribution is -0.608. The van der Waals surface area contributed by atoms with Crippen molar-refractivity contribution in [2.75, 3.05) is 28.4 Å². The lowest BCUT2D eigenvalue weighted by atomic mass is 10.0. The molecule has 0 atom stereocenters. The molecule has 25 heavy (non-hydrogen) atoms. The lowest BCUT2D eigenvalue weighted by Crippen LogP contribution is -2.37. The normalized spacial score (nSPS) is 10.1. The second kappa shape index (κ2) is 7.52. The summed E-state index contributed by atoms with van der Waals surface area (Å²) in [5.41, 5.74) is -0.340. The second-order valence-corrected chi connectivity index (χ2v) is 4.83. The molecule has 0 saturated heterocycles. The summed E-state index contributed by atoms with van der Waals surface area (Å²) in [6.07, 6.45) is 1.11. The molecule has 0 aliphatic heterocycles. The zero-order valence-electron chi connectivity index (χ0n) is 14.2. The highest BCUT2D eigenvalue weighted by molar-refractivity contribution is 6.13. The summed E-state index contributed by atoms with van der Waals surface area (Å²) in [6, 6.07) is 5.61. The Morgan fingerprint density at radius 2 is 1.60 bits per heavy atom. The number of hydrogen-bond acceptors (Lipinski definition) is 7. The minimum absolute atomic E-state index is 0.0985. The third-order valence-electron chi connectivity index (χ3n) is 3.51. The van der Waals surface area contributed by atoms with Crippen LogP contribution in [0.1, 0.15) is 26.4 Å². The van der Waals surface area contributed by atoms with Gasteiger partial charge in [-0.3, -0.25) is 4.79 Å². The zero-order valence-corrected chi connectivity index (χ0v) is 14.2. The summed E-state index contributed by atoms with van der Waals surface area (Å²) in [5, 5.41) is 11.9. The molecule has 0 N–H and O–H groups in total. The van der Waals surface area contributed by atoms with Gasteiger partial charge in [-0.1, -0.05) is 0 Å². The van der Waals surface area contributed by atoms with E-state index in [0.717, 1.165) is 13.3 Å². The number of hydrogen-bond donors (Lipinski definition) is 0. The van der Waals surface area contributed by atoms with Crippen LogP contribution in [0.15, 0.2) is 30.5 Å². The van der Waals surface area contributed by atoms with Crippen molar-refractivity contribution in [1.82, 2.24) is 0 Å². The third-order valence-corrected chi connectivity index (χ3v) is 3.51. The van der Waals surface area contributed by atoms with Crippen LogP contribution in [0.4, 0.5) is 0 Å². The van der Waals surface area contributed by atoms with Gasteiger partial charge in [0, 0.05) is 11.6 Å². The number of ether oxygens (including phenoxy) is 4. The molecule has 8 heteroatoms. The molecule has 132 valence electrons. The smallest absolute Gasteiger partial charge is 0.405 e. The third kappa shape index (κ3) is 3.32. The van der Waals surface area contributed by atoms with Crippen LogP contribution in [0.5, 0.6) is 17.2 Å². The van der Waals surface area contributed by atoms with Crippen molar-refractivity contribution >= 4 is 11.8 Å². The van der Waals surface area contributed by atoms with Crippen LogP contribution >= 0.6 is 0 Å². The number of benzene rings is 1. The van der Waals surface area contributed by atoms with Crippen molar-refractivity contribution in [2.45, 2.75) is 0 Å². The highest BCUT2D eigenvalue weighted by Crippen LogP contribution is 2.38. The van der Waals surface area contributed by atoms with E-state index < -0.39 is 17.4 Å². The average Bonchev–Trinajstić information content (AvgIpc) is 2.65. The zero-order chi connectivity index (χ0) is 18.6. The summed E-state index contributed by atoms with van der Waals surface area (Å²) in [5.74, 6) is -0.607. The lowest BCUT2D eigenvalue weighted by Gasteiger charge is -2.14. The number of carbonyl (C=O) groups excluding carboxylic acids is 2. The minimum Gasteiger partial charge on any atom is -0.618 e. The summed E-state index contributed by atoms with van der Waals surface area (Å²) >= 11 is 0. The van der Waals surface area contributed by atoms with Crippen molar-refractivity contribution in [2.24, 2.45) is 0 Å². The molecule has 0 aliphatic carbocycles. The summed E-state index contributed by atoms with van der Waals surface area (Å²) in [4.78, 5) is 24.7. The van der Waals surface area contributed by atoms with E-state index in [9.17, 15) is 14.8 Å². The number of aromatic nitrogens is 1. The molecule has 1 heterocycles. The first-order valence-corrected chi connectivity index (χ1v) is 7.13. The monoisotopic (exact) mass is 347 g/mol. The van der Waals surface area contributed by atoms with Crippen LogP contribution in [0, 0.1) is 5.21 Å². The van der Waals surface area contributed by atoms with Crippen molar-refractivity contribution in [3.63, 3.8) is 0 Å². The highest BCUT2D eigenvalue weighted by Gasteiger charge is 2.28. The Bertz CT molecular complexity index is 792. The van der Waals surface area contributed by atoms with E-state index in [2.05, 4.69) is 4.74 Å². The fourth-order valence-electron chi connectivity index (χ4n) is 2.34. The van der Waals surface area contributed by atoms with Crippen molar-refractivity contribution in [1.29, 1.82) is 0 Å². The molecule has 2 rings (SSSR count). The molecular formula is C17H17NO7. The molecule has 1 aromatic heterocycles. The van der Waals surface area contributed by atoms with Crippen LogP contribution in [0.2, 0.25) is 0 Å². The number of pyridine rings is 1. The fourth-order valence-corrected chi connectivity index (χ4v) is 2.34. The molecule has 0 bridgehead atoms. The average molecular weight is 347 g/mol. The van der Waals surface area contributed by atoms with Gasteiger partial charge in [0.25, 0.3) is 0 Å². The molecule has 0 unspecified atom stereocenters. The molecule has 0 saturated carbocycles. The number of esters is 1. The standard InChI is InChI=1S/C17H17NO7/c1-22-12-8-10(9-13(23-2)16(12)24-3)15(19)11-6-5-7-18(21)14(11)17(20)25-4/h5-9H,1-4H3. The van der Waals surface area contributed by atoms with E-state index in [1.807, 2.05) is 0 Å². The van der Waals surface area contributed by atoms with Gasteiger partial charge >= 0.3 is 11.7 Å². The number of carbonyl (C=O) groups is 2. The molecule has 2 aromatic rings. The van der Waals surface area contributed by atoms with Crippen LogP contribution in [0.3, 0.4) is 0 Å². The maximum Gasteiger partial charge on any atom is 0.405 e. The van der Waals surface area contributed by atoms with Crippen LogP contribution in [-0.4, -0.2) is 40.2 Å². The quantitative estimate of drug-likeness (QED) is 0.337. The summed E-state index contributed by atoms with van der Waals surface area (Å²) in [6.45, 7) is 0. The van der Waals surface area contributed by atoms with Crippen molar-refractivity contribution < 1.29 is 33.3 Å². The number of ketones is 1. The van der Waals surface area contributed by atoms with Gasteiger partial charge in [-0.05, 0) is 18.2 Å². The van der Waals surface area contributed by atoms with E-state index in [1.54, 1.807) is 0 Å². The van der Waals surface area contributed by atoms with E-state index in [4.69, 9.17) is 14.2 Å². The van der Waals surface area contributed by atoms with Gasteiger partial charge in [-0.25, -0.2) is 4.79 Å². The molecule has 0 amide bonds. The van der Waals surface area contributed by atoms with Crippen molar-refractivity contribution in [3.8, 4) is 17.2 Å². The van der Waals surface area contributed by atoms with Crippen molar-refractivity contribution in [3.05, 3.63) is 52.5 Å². The van der Waals surface area contributed by atoms with E-state index in [0.29, 0.717) is 5.75 Å². The van der Waals surface area contributed by atoms with Gasteiger partial charge < -0.3 is 24.2 Å². The fraction of sp³-hybridized carbons (Fsp3) is 0.235. The molecular weight excluding hydrogens is 330 g/mol. The van der Waals surface area contributed by atoms with Gasteiger partial charge in [0.05, 0.1) is 28.4 Å². The summed E-state index contributed by atoms with van der Waals surface area (Å²) < 4.78 is 20.5. The number of nitrogens with zero attached hydrogens (tertiary/aromatic N) is 1. The molecule has 8 nitrogen and oxygen atoms in total. The maximum atomic E-state index is 12.9. The van der Waals surface area contributed by atoms with Crippen LogP contribution in [0.25, 0.3) is 0 Å². The molecule has 0 radical (unpaired) electrons. The predicted octanol–water partition coefficient (Wildman–Crippen LogP) is 1.36. The summed E-state index contributed by atoms with van der Waals surface area (Å²) in [7, 11) is 5.40. The second-order valence-electron chi connectivity index (χ2n) is 4.83. The van der Waals surface area contributed by atoms with Gasteiger partial charge in [0.15, 0.2) is 23.5 Å². The molecule has 0 spiro atoms.